The molecule has 70 valence electrons. The molecule has 3 rings (SSSR count). The van der Waals surface area contributed by atoms with Crippen LogP contribution in [0.2, 0.25) is 0 Å². The molecule has 0 aromatic heterocycles. The molecule has 3 aliphatic rings. The van der Waals surface area contributed by atoms with Crippen LogP contribution in [-0.2, 0) is 4.79 Å². The number of carbonyl (C=O) groups excluding carboxylic acids is 1. The molecule has 0 saturated carbocycles. The van der Waals surface area contributed by atoms with Gasteiger partial charge in [0.1, 0.15) is 0 Å². The van der Waals surface area contributed by atoms with Gasteiger partial charge in [0, 0.05) is 24.6 Å². The lowest BCUT2D eigenvalue weighted by molar-refractivity contribution is -0.114. The van der Waals surface area contributed by atoms with E-state index in [1.54, 1.807) is 6.08 Å². The van der Waals surface area contributed by atoms with Gasteiger partial charge < -0.3 is 0 Å². The Morgan fingerprint density at radius 2 is 1.93 bits per heavy atom. The number of carbonyl (C=O) groups is 1. The fraction of sp³-hybridized carbons (Fsp3) is 0.333. The van der Waals surface area contributed by atoms with Crippen molar-refractivity contribution in [3.05, 3.63) is 35.1 Å². The molecule has 0 N–H and O–H groups in total. The van der Waals surface area contributed by atoms with Gasteiger partial charge in [0.2, 0.25) is 0 Å². The van der Waals surface area contributed by atoms with Gasteiger partial charge in [-0.15, -0.1) is 0 Å². The van der Waals surface area contributed by atoms with Crippen molar-refractivity contribution in [2.45, 2.75) is 25.7 Å². The number of ketones is 1. The van der Waals surface area contributed by atoms with E-state index in [1.807, 2.05) is 0 Å². The second kappa shape index (κ2) is 2.77. The largest absolute Gasteiger partial charge is 0.295 e. The second-order valence-corrected chi connectivity index (χ2v) is 3.89. The van der Waals surface area contributed by atoms with Crippen molar-refractivity contribution in [2.75, 3.05) is 0 Å². The normalized spacial score (nSPS) is 24.4. The molecular weight excluding hydrogens is 174 g/mol. The number of rotatable bonds is 0. The fourth-order valence-corrected chi connectivity index (χ4v) is 2.29. The highest BCUT2D eigenvalue weighted by Gasteiger charge is 2.26. The molecule has 0 spiro atoms. The first-order chi connectivity index (χ1) is 6.84. The van der Waals surface area contributed by atoms with E-state index >= 15 is 0 Å². The summed E-state index contributed by atoms with van der Waals surface area (Å²) in [6.07, 6.45) is 9.54. The molecule has 2 aliphatic carbocycles. The van der Waals surface area contributed by atoms with Gasteiger partial charge in [-0.1, -0.05) is 12.2 Å². The third kappa shape index (κ3) is 1.03. The Morgan fingerprint density at radius 1 is 1.07 bits per heavy atom. The molecule has 0 saturated heterocycles. The summed E-state index contributed by atoms with van der Waals surface area (Å²) in [5, 5.41) is 0. The molecule has 1 aliphatic heterocycles. The molecule has 0 aromatic carbocycles. The summed E-state index contributed by atoms with van der Waals surface area (Å²) < 4.78 is 0. The lowest BCUT2D eigenvalue weighted by Gasteiger charge is -2.12. The zero-order chi connectivity index (χ0) is 9.54. The molecular formula is C12H11NO. The number of fused-ring (bicyclic) bond motifs is 2. The minimum absolute atomic E-state index is 0.223. The third-order valence-electron chi connectivity index (χ3n) is 3.00. The lowest BCUT2D eigenvalue weighted by atomic mass is 9.90. The summed E-state index contributed by atoms with van der Waals surface area (Å²) in [6, 6.07) is 0. The SMILES string of the molecule is O=C1C=C2N=C3CC=CCC3=C2CC1. The molecule has 0 aromatic rings. The summed E-state index contributed by atoms with van der Waals surface area (Å²) in [6.45, 7) is 0. The number of aliphatic imine (C=N–C) groups is 1. The minimum Gasteiger partial charge on any atom is -0.295 e. The van der Waals surface area contributed by atoms with Gasteiger partial charge in [-0.2, -0.15) is 0 Å². The fourth-order valence-electron chi connectivity index (χ4n) is 2.29. The summed E-state index contributed by atoms with van der Waals surface area (Å²) in [7, 11) is 0. The molecule has 1 heterocycles. The number of nitrogens with zero attached hydrogens (tertiary/aromatic N) is 1. The van der Waals surface area contributed by atoms with Crippen molar-refractivity contribution in [1.82, 2.24) is 0 Å². The van der Waals surface area contributed by atoms with Crippen LogP contribution in [0.5, 0.6) is 0 Å². The van der Waals surface area contributed by atoms with E-state index in [0.29, 0.717) is 6.42 Å². The molecule has 2 heteroatoms. The van der Waals surface area contributed by atoms with Gasteiger partial charge in [0.15, 0.2) is 5.78 Å². The van der Waals surface area contributed by atoms with Crippen LogP contribution in [0.3, 0.4) is 0 Å². The third-order valence-corrected chi connectivity index (χ3v) is 3.00. The maximum atomic E-state index is 11.2. The highest BCUT2D eigenvalue weighted by atomic mass is 16.1. The Balaban J connectivity index is 2.13. The van der Waals surface area contributed by atoms with Gasteiger partial charge in [0.05, 0.1) is 5.70 Å². The quantitative estimate of drug-likeness (QED) is 0.532. The maximum Gasteiger partial charge on any atom is 0.158 e. The van der Waals surface area contributed by atoms with Crippen LogP contribution in [-0.4, -0.2) is 11.5 Å². The van der Waals surface area contributed by atoms with Crippen LogP contribution in [0.15, 0.2) is 40.1 Å². The van der Waals surface area contributed by atoms with Crippen molar-refractivity contribution in [3.8, 4) is 0 Å². The molecule has 14 heavy (non-hydrogen) atoms. The van der Waals surface area contributed by atoms with Gasteiger partial charge in [-0.25, -0.2) is 0 Å². The van der Waals surface area contributed by atoms with E-state index in [-0.39, 0.29) is 5.78 Å². The van der Waals surface area contributed by atoms with Crippen molar-refractivity contribution >= 4 is 11.5 Å². The van der Waals surface area contributed by atoms with E-state index in [0.717, 1.165) is 25.0 Å². The molecule has 0 fully saturated rings. The second-order valence-electron chi connectivity index (χ2n) is 3.89. The van der Waals surface area contributed by atoms with Crippen LogP contribution in [0, 0.1) is 0 Å². The first-order valence-electron chi connectivity index (χ1n) is 5.04. The summed E-state index contributed by atoms with van der Waals surface area (Å²) >= 11 is 0. The van der Waals surface area contributed by atoms with Crippen LogP contribution in [0.4, 0.5) is 0 Å². The number of allylic oxidation sites excluding steroid dienone is 5. The Morgan fingerprint density at radius 3 is 2.86 bits per heavy atom. The van der Waals surface area contributed by atoms with Gasteiger partial charge in [-0.05, 0) is 24.0 Å². The predicted molar refractivity (Wildman–Crippen MR) is 55.2 cm³/mol. The topological polar surface area (TPSA) is 29.4 Å². The van der Waals surface area contributed by atoms with Crippen molar-refractivity contribution in [3.63, 3.8) is 0 Å². The van der Waals surface area contributed by atoms with Crippen LogP contribution in [0.1, 0.15) is 25.7 Å². The van der Waals surface area contributed by atoms with E-state index in [2.05, 4.69) is 17.1 Å². The van der Waals surface area contributed by atoms with E-state index in [9.17, 15) is 4.79 Å². The summed E-state index contributed by atoms with van der Waals surface area (Å²) in [5.74, 6) is 0.223. The highest BCUT2D eigenvalue weighted by molar-refractivity contribution is 6.08. The minimum atomic E-state index is 0.223. The van der Waals surface area contributed by atoms with E-state index < -0.39 is 0 Å². The summed E-state index contributed by atoms with van der Waals surface area (Å²) in [4.78, 5) is 15.7. The molecule has 0 amide bonds. The molecule has 0 bridgehead atoms. The van der Waals surface area contributed by atoms with Gasteiger partial charge >= 0.3 is 0 Å². The average Bonchev–Trinajstić information content (AvgIpc) is 2.54. The predicted octanol–water partition coefficient (Wildman–Crippen LogP) is 2.33. The highest BCUT2D eigenvalue weighted by Crippen LogP contribution is 2.36. The maximum absolute atomic E-state index is 11.2. The van der Waals surface area contributed by atoms with Crippen molar-refractivity contribution in [1.29, 1.82) is 0 Å². The van der Waals surface area contributed by atoms with E-state index in [4.69, 9.17) is 0 Å². The van der Waals surface area contributed by atoms with E-state index in [1.165, 1.54) is 16.9 Å². The molecule has 0 atom stereocenters. The average molecular weight is 185 g/mol. The number of hydrogen-bond donors (Lipinski definition) is 0. The zero-order valence-corrected chi connectivity index (χ0v) is 7.92. The van der Waals surface area contributed by atoms with Crippen molar-refractivity contribution in [2.24, 2.45) is 4.99 Å². The standard InChI is InChI=1S/C12H11NO/c14-8-5-6-10-9-3-1-2-4-11(9)13-12(10)7-8/h1-2,7H,3-6H2. The molecule has 2 nitrogen and oxygen atoms in total. The Hall–Kier alpha value is -1.44. The smallest absolute Gasteiger partial charge is 0.158 e. The Bertz CT molecular complexity index is 435. The monoisotopic (exact) mass is 185 g/mol. The lowest BCUT2D eigenvalue weighted by Crippen LogP contribution is -2.06. The molecule has 0 radical (unpaired) electrons. The van der Waals surface area contributed by atoms with Crippen molar-refractivity contribution < 1.29 is 4.79 Å². The van der Waals surface area contributed by atoms with Gasteiger partial charge in [-0.3, -0.25) is 9.79 Å². The zero-order valence-electron chi connectivity index (χ0n) is 7.92. The van der Waals surface area contributed by atoms with Crippen LogP contribution >= 0.6 is 0 Å². The number of hydrogen-bond acceptors (Lipinski definition) is 2. The first-order valence-corrected chi connectivity index (χ1v) is 5.04. The summed E-state index contributed by atoms with van der Waals surface area (Å²) in [5.41, 5.74) is 4.83. The van der Waals surface area contributed by atoms with Gasteiger partial charge in [0.25, 0.3) is 0 Å². The molecule has 0 unspecified atom stereocenters. The first kappa shape index (κ1) is 7.92. The van der Waals surface area contributed by atoms with Crippen LogP contribution < -0.4 is 0 Å². The van der Waals surface area contributed by atoms with Crippen LogP contribution in [0.25, 0.3) is 0 Å². The Kier molecular flexibility index (Phi) is 1.57. The Labute approximate surface area is 82.7 Å².